The van der Waals surface area contributed by atoms with Crippen molar-refractivity contribution in [3.63, 3.8) is 0 Å². The Morgan fingerprint density at radius 2 is 1.82 bits per heavy atom. The van der Waals surface area contributed by atoms with Gasteiger partial charge in [0.05, 0.1) is 49.9 Å². The number of anilines is 2. The minimum Gasteiger partial charge on any atom is -0.497 e. The van der Waals surface area contributed by atoms with Crippen LogP contribution in [0, 0.1) is 5.82 Å². The highest BCUT2D eigenvalue weighted by molar-refractivity contribution is 6.31. The number of carbonyl (C=O) groups excluding carboxylic acids is 2. The lowest BCUT2D eigenvalue weighted by Gasteiger charge is -2.39. The lowest BCUT2D eigenvalue weighted by Crippen LogP contribution is -2.57. The molecule has 4 aromatic rings. The number of benzene rings is 3. The third-order valence-electron chi connectivity index (χ3n) is 9.03. The summed E-state index contributed by atoms with van der Waals surface area (Å²) in [6.45, 7) is 4.28. The highest BCUT2D eigenvalue weighted by atomic mass is 35.5. The van der Waals surface area contributed by atoms with Gasteiger partial charge >= 0.3 is 6.03 Å². The van der Waals surface area contributed by atoms with Gasteiger partial charge in [0.2, 0.25) is 5.91 Å². The standard InChI is InChI=1S/C35H39ClFN7O5/c1-22(43(30-13-11-27(48-2)21-31(30)49-3)35(47)39-25-9-7-24(37)8-10-25)33-40-29-19-23(36)6-12-28(29)34(46)44(33)42-17-15-41(16-18-42)32(45)20-26-5-4-14-38-26/h6-13,19,21-22,26,38H,4-5,14-18,20H2,1-3H3,(H,39,47)/t22?,26-/m1/s1. The van der Waals surface area contributed by atoms with Crippen molar-refractivity contribution in [2.45, 2.75) is 38.3 Å². The molecule has 2 fully saturated rings. The number of aromatic nitrogens is 2. The molecule has 0 spiro atoms. The third kappa shape index (κ3) is 7.27. The summed E-state index contributed by atoms with van der Waals surface area (Å²) in [7, 11) is 3.01. The maximum Gasteiger partial charge on any atom is 0.327 e. The fraction of sp³-hybridized carbons (Fsp3) is 0.371. The van der Waals surface area contributed by atoms with Crippen LogP contribution < -0.4 is 35.6 Å². The molecule has 0 aliphatic carbocycles. The summed E-state index contributed by atoms with van der Waals surface area (Å²) < 4.78 is 26.3. The van der Waals surface area contributed by atoms with E-state index in [-0.39, 0.29) is 23.3 Å². The maximum absolute atomic E-state index is 14.3. The van der Waals surface area contributed by atoms with E-state index in [4.69, 9.17) is 26.1 Å². The second-order valence-corrected chi connectivity index (χ2v) is 12.5. The smallest absolute Gasteiger partial charge is 0.327 e. The number of piperazine rings is 1. The Morgan fingerprint density at radius 1 is 1.06 bits per heavy atom. The molecule has 2 atom stereocenters. The van der Waals surface area contributed by atoms with Crippen LogP contribution in [0.5, 0.6) is 11.5 Å². The summed E-state index contributed by atoms with van der Waals surface area (Å²) in [5, 5.41) is 8.86. The molecule has 2 aliphatic heterocycles. The molecule has 3 amide bonds. The molecule has 2 saturated heterocycles. The third-order valence-corrected chi connectivity index (χ3v) is 9.27. The Hall–Kier alpha value is -4.88. The number of halogens is 2. The number of ether oxygens (including phenoxy) is 2. The summed E-state index contributed by atoms with van der Waals surface area (Å²) >= 11 is 6.35. The maximum atomic E-state index is 14.3. The molecule has 1 unspecified atom stereocenters. The monoisotopic (exact) mass is 691 g/mol. The van der Waals surface area contributed by atoms with Crippen molar-refractivity contribution < 1.29 is 23.5 Å². The van der Waals surface area contributed by atoms with E-state index in [0.29, 0.717) is 71.4 Å². The summed E-state index contributed by atoms with van der Waals surface area (Å²) in [5.41, 5.74) is 0.770. The normalized spacial score (nSPS) is 16.8. The van der Waals surface area contributed by atoms with E-state index in [9.17, 15) is 18.8 Å². The van der Waals surface area contributed by atoms with Crippen molar-refractivity contribution >= 4 is 45.8 Å². The first kappa shape index (κ1) is 34.0. The zero-order valence-electron chi connectivity index (χ0n) is 27.6. The quantitative estimate of drug-likeness (QED) is 0.254. The SMILES string of the molecule is COc1ccc(N(C(=O)Nc2ccc(F)cc2)C(C)c2nc3cc(Cl)ccc3c(=O)n2N2CCN(C(=O)C[C@H]3CCCN3)CC2)c(OC)c1. The largest absolute Gasteiger partial charge is 0.497 e. The van der Waals surface area contributed by atoms with Crippen LogP contribution in [0.15, 0.2) is 65.5 Å². The van der Waals surface area contributed by atoms with Gasteiger partial charge in [0.25, 0.3) is 5.56 Å². The molecule has 14 heteroatoms. The number of rotatable bonds is 9. The Kier molecular flexibility index (Phi) is 10.2. The van der Waals surface area contributed by atoms with Crippen molar-refractivity contribution in [1.29, 1.82) is 0 Å². The van der Waals surface area contributed by atoms with Crippen LogP contribution in [-0.2, 0) is 4.79 Å². The average molecular weight is 692 g/mol. The molecule has 3 aromatic carbocycles. The van der Waals surface area contributed by atoms with Gasteiger partial charge in [0.1, 0.15) is 17.3 Å². The molecule has 0 radical (unpaired) electrons. The second kappa shape index (κ2) is 14.7. The van der Waals surface area contributed by atoms with Crippen LogP contribution in [0.25, 0.3) is 10.9 Å². The van der Waals surface area contributed by atoms with Crippen LogP contribution in [0.3, 0.4) is 0 Å². The highest BCUT2D eigenvalue weighted by Gasteiger charge is 2.33. The topological polar surface area (TPSA) is 121 Å². The Morgan fingerprint density at radius 3 is 2.49 bits per heavy atom. The van der Waals surface area contributed by atoms with Gasteiger partial charge in [-0.2, -0.15) is 0 Å². The molecule has 12 nitrogen and oxygen atoms in total. The molecule has 3 heterocycles. The first-order valence-corrected chi connectivity index (χ1v) is 16.6. The molecule has 49 heavy (non-hydrogen) atoms. The molecule has 2 N–H and O–H groups in total. The lowest BCUT2D eigenvalue weighted by atomic mass is 10.1. The number of hydrogen-bond donors (Lipinski definition) is 2. The van der Waals surface area contributed by atoms with Crippen LogP contribution in [0.2, 0.25) is 5.02 Å². The lowest BCUT2D eigenvalue weighted by molar-refractivity contribution is -0.132. The highest BCUT2D eigenvalue weighted by Crippen LogP contribution is 2.37. The fourth-order valence-electron chi connectivity index (χ4n) is 6.44. The van der Waals surface area contributed by atoms with Crippen LogP contribution in [-0.4, -0.2) is 79.5 Å². The van der Waals surface area contributed by atoms with Crippen LogP contribution >= 0.6 is 11.6 Å². The van der Waals surface area contributed by atoms with Gasteiger partial charge in [-0.15, -0.1) is 0 Å². The number of hydrogen-bond acceptors (Lipinski definition) is 8. The van der Waals surface area contributed by atoms with Gasteiger partial charge in [-0.3, -0.25) is 14.5 Å². The van der Waals surface area contributed by atoms with Crippen molar-refractivity contribution in [3.05, 3.63) is 87.7 Å². The number of urea groups is 1. The van der Waals surface area contributed by atoms with E-state index >= 15 is 0 Å². The van der Waals surface area contributed by atoms with Crippen molar-refractivity contribution in [1.82, 2.24) is 19.9 Å². The Labute approximate surface area is 288 Å². The molecule has 1 aromatic heterocycles. The van der Waals surface area contributed by atoms with E-state index in [2.05, 4.69) is 10.6 Å². The van der Waals surface area contributed by atoms with E-state index in [1.165, 1.54) is 48.1 Å². The molecule has 2 aliphatic rings. The van der Waals surface area contributed by atoms with Gasteiger partial charge in [-0.05, 0) is 80.9 Å². The van der Waals surface area contributed by atoms with E-state index in [1.807, 2.05) is 9.91 Å². The Bertz CT molecular complexity index is 1890. The average Bonchev–Trinajstić information content (AvgIpc) is 3.62. The summed E-state index contributed by atoms with van der Waals surface area (Å²) in [6.07, 6.45) is 2.50. The number of fused-ring (bicyclic) bond motifs is 1. The minimum absolute atomic E-state index is 0.0847. The van der Waals surface area contributed by atoms with E-state index < -0.39 is 17.9 Å². The van der Waals surface area contributed by atoms with E-state index in [0.717, 1.165) is 19.4 Å². The number of carbonyl (C=O) groups is 2. The van der Waals surface area contributed by atoms with Crippen molar-refractivity contribution in [2.24, 2.45) is 0 Å². The zero-order valence-corrected chi connectivity index (χ0v) is 28.4. The zero-order chi connectivity index (χ0) is 34.7. The number of amides is 3. The first-order valence-electron chi connectivity index (χ1n) is 16.2. The molecule has 0 bridgehead atoms. The Balaban J connectivity index is 1.41. The predicted molar refractivity (Wildman–Crippen MR) is 187 cm³/mol. The van der Waals surface area contributed by atoms with Crippen LogP contribution in [0.4, 0.5) is 20.6 Å². The van der Waals surface area contributed by atoms with Crippen LogP contribution in [0.1, 0.15) is 38.1 Å². The summed E-state index contributed by atoms with van der Waals surface area (Å²) in [6, 6.07) is 14.1. The number of methoxy groups -OCH3 is 2. The molecule has 0 saturated carbocycles. The molecule has 258 valence electrons. The van der Waals surface area contributed by atoms with Gasteiger partial charge < -0.3 is 30.0 Å². The van der Waals surface area contributed by atoms with Gasteiger partial charge in [0, 0.05) is 42.3 Å². The number of nitrogens with zero attached hydrogens (tertiary/aromatic N) is 5. The molecular formula is C35H39ClFN7O5. The van der Waals surface area contributed by atoms with Crippen molar-refractivity contribution in [2.75, 3.05) is 62.2 Å². The van der Waals surface area contributed by atoms with Crippen molar-refractivity contribution in [3.8, 4) is 11.5 Å². The molecular weight excluding hydrogens is 653 g/mol. The second-order valence-electron chi connectivity index (χ2n) is 12.1. The van der Waals surface area contributed by atoms with Gasteiger partial charge in [-0.25, -0.2) is 18.8 Å². The predicted octanol–water partition coefficient (Wildman–Crippen LogP) is 4.93. The number of nitrogens with one attached hydrogen (secondary N) is 2. The minimum atomic E-state index is -0.869. The van der Waals surface area contributed by atoms with Gasteiger partial charge in [-0.1, -0.05) is 11.6 Å². The first-order chi connectivity index (χ1) is 23.7. The summed E-state index contributed by atoms with van der Waals surface area (Å²) in [5.74, 6) is 0.754. The fourth-order valence-corrected chi connectivity index (χ4v) is 6.60. The summed E-state index contributed by atoms with van der Waals surface area (Å²) in [4.78, 5) is 49.9. The van der Waals surface area contributed by atoms with Gasteiger partial charge in [0.15, 0.2) is 5.82 Å². The van der Waals surface area contributed by atoms with E-state index in [1.54, 1.807) is 43.3 Å². The molecule has 6 rings (SSSR count).